The smallest absolute Gasteiger partial charge is 0.329 e. The predicted octanol–water partition coefficient (Wildman–Crippen LogP) is 4.58. The van der Waals surface area contributed by atoms with Crippen LogP contribution >= 0.6 is 11.6 Å². The van der Waals surface area contributed by atoms with Gasteiger partial charge in [0.1, 0.15) is 6.61 Å². The van der Waals surface area contributed by atoms with Gasteiger partial charge in [-0.1, -0.05) is 48.9 Å². The number of ether oxygens (including phenoxy) is 2. The summed E-state index contributed by atoms with van der Waals surface area (Å²) in [6, 6.07) is 19.9. The highest BCUT2D eigenvalue weighted by Crippen LogP contribution is 2.28. The van der Waals surface area contributed by atoms with Crippen LogP contribution in [0, 0.1) is 0 Å². The standard InChI is InChI=1S/C25H24ClN3O4/c1-3-19-6-4-5-7-21(19)28-24(30)25(31)29-27-15-18-10-13-22(23(14-18)32-2)33-16-17-8-11-20(26)12-9-17/h4-15H,3,16H2,1-2H3,(H,28,30)(H,29,31)/b27-15-. The Kier molecular flexibility index (Phi) is 8.43. The predicted molar refractivity (Wildman–Crippen MR) is 129 cm³/mol. The molecule has 0 aromatic heterocycles. The minimum atomic E-state index is -0.868. The number of carbonyl (C=O) groups is 2. The van der Waals surface area contributed by atoms with Gasteiger partial charge in [-0.15, -0.1) is 0 Å². The van der Waals surface area contributed by atoms with Crippen LogP contribution in [0.3, 0.4) is 0 Å². The number of carbonyl (C=O) groups excluding carboxylic acids is 2. The van der Waals surface area contributed by atoms with Gasteiger partial charge in [0.25, 0.3) is 0 Å². The van der Waals surface area contributed by atoms with Gasteiger partial charge in [0, 0.05) is 10.7 Å². The number of halogens is 1. The minimum Gasteiger partial charge on any atom is -0.493 e. The first kappa shape index (κ1) is 23.8. The van der Waals surface area contributed by atoms with Gasteiger partial charge in [-0.2, -0.15) is 5.10 Å². The zero-order chi connectivity index (χ0) is 23.6. The van der Waals surface area contributed by atoms with Gasteiger partial charge in [0.05, 0.1) is 13.3 Å². The number of nitrogens with zero attached hydrogens (tertiary/aromatic N) is 1. The van der Waals surface area contributed by atoms with E-state index in [1.54, 1.807) is 42.5 Å². The molecule has 0 radical (unpaired) electrons. The van der Waals surface area contributed by atoms with Gasteiger partial charge < -0.3 is 14.8 Å². The van der Waals surface area contributed by atoms with E-state index >= 15 is 0 Å². The summed E-state index contributed by atoms with van der Waals surface area (Å²) in [5.41, 5.74) is 5.39. The second-order valence-electron chi connectivity index (χ2n) is 6.99. The van der Waals surface area contributed by atoms with Crippen molar-refractivity contribution < 1.29 is 19.1 Å². The summed E-state index contributed by atoms with van der Waals surface area (Å²) in [7, 11) is 1.53. The molecule has 33 heavy (non-hydrogen) atoms. The van der Waals surface area contributed by atoms with E-state index < -0.39 is 11.8 Å². The van der Waals surface area contributed by atoms with Crippen molar-refractivity contribution in [2.24, 2.45) is 5.10 Å². The quantitative estimate of drug-likeness (QED) is 0.289. The van der Waals surface area contributed by atoms with Crippen LogP contribution in [0.1, 0.15) is 23.6 Å². The lowest BCUT2D eigenvalue weighted by molar-refractivity contribution is -0.136. The first-order chi connectivity index (χ1) is 16.0. The zero-order valence-electron chi connectivity index (χ0n) is 18.3. The van der Waals surface area contributed by atoms with E-state index in [2.05, 4.69) is 15.8 Å². The summed E-state index contributed by atoms with van der Waals surface area (Å²) in [4.78, 5) is 24.2. The van der Waals surface area contributed by atoms with Gasteiger partial charge in [-0.3, -0.25) is 9.59 Å². The molecule has 0 spiro atoms. The van der Waals surface area contributed by atoms with E-state index in [9.17, 15) is 9.59 Å². The molecule has 3 aromatic rings. The molecule has 0 aliphatic heterocycles. The molecule has 8 heteroatoms. The van der Waals surface area contributed by atoms with Crippen molar-refractivity contribution in [3.05, 3.63) is 88.4 Å². The Morgan fingerprint density at radius 1 is 1.00 bits per heavy atom. The minimum absolute atomic E-state index is 0.354. The molecule has 2 N–H and O–H groups in total. The molecule has 0 saturated heterocycles. The Hall–Kier alpha value is -3.84. The number of amides is 2. The van der Waals surface area contributed by atoms with E-state index in [-0.39, 0.29) is 0 Å². The summed E-state index contributed by atoms with van der Waals surface area (Å²) < 4.78 is 11.2. The lowest BCUT2D eigenvalue weighted by atomic mass is 10.1. The van der Waals surface area contributed by atoms with E-state index in [1.807, 2.05) is 31.2 Å². The van der Waals surface area contributed by atoms with Gasteiger partial charge in [-0.25, -0.2) is 5.43 Å². The van der Waals surface area contributed by atoms with Crippen molar-refractivity contribution in [1.82, 2.24) is 5.43 Å². The Morgan fingerprint density at radius 3 is 2.48 bits per heavy atom. The average Bonchev–Trinajstić information content (AvgIpc) is 2.84. The monoisotopic (exact) mass is 465 g/mol. The number of aryl methyl sites for hydroxylation is 1. The average molecular weight is 466 g/mol. The van der Waals surface area contributed by atoms with Crippen LogP contribution in [-0.2, 0) is 22.6 Å². The van der Waals surface area contributed by atoms with Gasteiger partial charge >= 0.3 is 11.8 Å². The normalized spacial score (nSPS) is 10.6. The van der Waals surface area contributed by atoms with Crippen LogP contribution in [0.25, 0.3) is 0 Å². The van der Waals surface area contributed by atoms with E-state index in [0.29, 0.717) is 34.4 Å². The van der Waals surface area contributed by atoms with E-state index in [1.165, 1.54) is 13.3 Å². The highest BCUT2D eigenvalue weighted by atomic mass is 35.5. The Morgan fingerprint density at radius 2 is 1.76 bits per heavy atom. The van der Waals surface area contributed by atoms with Crippen LogP contribution in [0.15, 0.2) is 71.8 Å². The van der Waals surface area contributed by atoms with Gasteiger partial charge in [0.2, 0.25) is 0 Å². The second-order valence-corrected chi connectivity index (χ2v) is 7.43. The van der Waals surface area contributed by atoms with Crippen LogP contribution < -0.4 is 20.2 Å². The zero-order valence-corrected chi connectivity index (χ0v) is 19.1. The Balaban J connectivity index is 1.57. The molecule has 2 amide bonds. The molecule has 0 fully saturated rings. The van der Waals surface area contributed by atoms with Crippen LogP contribution in [0.5, 0.6) is 11.5 Å². The number of hydrogen-bond acceptors (Lipinski definition) is 5. The lowest BCUT2D eigenvalue weighted by Gasteiger charge is -2.11. The number of anilines is 1. The van der Waals surface area contributed by atoms with Crippen molar-refractivity contribution in [3.63, 3.8) is 0 Å². The number of benzene rings is 3. The summed E-state index contributed by atoms with van der Waals surface area (Å²) >= 11 is 5.90. The largest absolute Gasteiger partial charge is 0.493 e. The molecule has 3 rings (SSSR count). The molecular weight excluding hydrogens is 442 g/mol. The van der Waals surface area contributed by atoms with Crippen LogP contribution in [-0.4, -0.2) is 25.1 Å². The van der Waals surface area contributed by atoms with Crippen molar-refractivity contribution >= 4 is 35.3 Å². The third kappa shape index (κ3) is 6.82. The van der Waals surface area contributed by atoms with Gasteiger partial charge in [-0.05, 0) is 59.5 Å². The maximum absolute atomic E-state index is 12.1. The van der Waals surface area contributed by atoms with Crippen molar-refractivity contribution in [2.75, 3.05) is 12.4 Å². The third-order valence-corrected chi connectivity index (χ3v) is 4.98. The molecular formula is C25H24ClN3O4. The second kappa shape index (κ2) is 11.7. The van der Waals surface area contributed by atoms with E-state index in [0.717, 1.165) is 17.5 Å². The summed E-state index contributed by atoms with van der Waals surface area (Å²) in [5, 5.41) is 7.12. The van der Waals surface area contributed by atoms with Crippen molar-refractivity contribution in [3.8, 4) is 11.5 Å². The lowest BCUT2D eigenvalue weighted by Crippen LogP contribution is -2.32. The molecule has 0 heterocycles. The molecule has 0 aliphatic carbocycles. The highest BCUT2D eigenvalue weighted by molar-refractivity contribution is 6.39. The molecule has 0 saturated carbocycles. The Labute approximate surface area is 197 Å². The molecule has 7 nitrogen and oxygen atoms in total. The van der Waals surface area contributed by atoms with Crippen molar-refractivity contribution in [1.29, 1.82) is 0 Å². The molecule has 170 valence electrons. The third-order valence-electron chi connectivity index (χ3n) is 4.73. The van der Waals surface area contributed by atoms with Crippen LogP contribution in [0.4, 0.5) is 5.69 Å². The first-order valence-corrected chi connectivity index (χ1v) is 10.7. The fraction of sp³-hybridized carbons (Fsp3) is 0.160. The number of nitrogens with one attached hydrogen (secondary N) is 2. The first-order valence-electron chi connectivity index (χ1n) is 10.3. The summed E-state index contributed by atoms with van der Waals surface area (Å²) in [6.45, 7) is 2.32. The van der Waals surface area contributed by atoms with Gasteiger partial charge in [0.15, 0.2) is 11.5 Å². The highest BCUT2D eigenvalue weighted by Gasteiger charge is 2.14. The van der Waals surface area contributed by atoms with Crippen molar-refractivity contribution in [2.45, 2.75) is 20.0 Å². The molecule has 0 aliphatic rings. The molecule has 3 aromatic carbocycles. The fourth-order valence-electron chi connectivity index (χ4n) is 2.97. The maximum Gasteiger partial charge on any atom is 0.329 e. The number of rotatable bonds is 8. The summed E-state index contributed by atoms with van der Waals surface area (Å²) in [5.74, 6) is -0.598. The summed E-state index contributed by atoms with van der Waals surface area (Å²) in [6.07, 6.45) is 2.15. The number of para-hydroxylation sites is 1. The Bertz CT molecular complexity index is 1150. The number of hydrazone groups is 1. The molecule has 0 atom stereocenters. The number of hydrogen-bond donors (Lipinski definition) is 2. The fourth-order valence-corrected chi connectivity index (χ4v) is 3.10. The SMILES string of the molecule is CCc1ccccc1NC(=O)C(=O)N/N=C\c1ccc(OCc2ccc(Cl)cc2)c(OC)c1. The molecule has 0 unspecified atom stereocenters. The topological polar surface area (TPSA) is 89.0 Å². The van der Waals surface area contributed by atoms with Crippen LogP contribution in [0.2, 0.25) is 5.02 Å². The maximum atomic E-state index is 12.1. The number of methoxy groups -OCH3 is 1. The van der Waals surface area contributed by atoms with E-state index in [4.69, 9.17) is 21.1 Å². The molecule has 0 bridgehead atoms.